The number of fused-ring (bicyclic) bond motifs is 1. The van der Waals surface area contributed by atoms with E-state index in [4.69, 9.17) is 18.0 Å². The lowest BCUT2D eigenvalue weighted by atomic mass is 10.4. The number of rotatable bonds is 2. The number of thiophene rings is 1. The van der Waals surface area contributed by atoms with Crippen LogP contribution in [0.4, 0.5) is 0 Å². The van der Waals surface area contributed by atoms with E-state index in [-0.39, 0.29) is 0 Å². The number of nitrogens with two attached hydrogens (primary N) is 1. The van der Waals surface area contributed by atoms with Gasteiger partial charge in [-0.1, -0.05) is 12.2 Å². The molecule has 3 aromatic heterocycles. The van der Waals surface area contributed by atoms with Gasteiger partial charge >= 0.3 is 0 Å². The predicted octanol–water partition coefficient (Wildman–Crippen LogP) is 2.12. The van der Waals surface area contributed by atoms with Gasteiger partial charge in [-0.15, -0.1) is 11.3 Å². The van der Waals surface area contributed by atoms with Crippen LogP contribution >= 0.6 is 23.6 Å². The fourth-order valence-electron chi connectivity index (χ4n) is 1.71. The zero-order valence-corrected chi connectivity index (χ0v) is 10.3. The summed E-state index contributed by atoms with van der Waals surface area (Å²) in [5.74, 6) is 0.817. The summed E-state index contributed by atoms with van der Waals surface area (Å²) in [7, 11) is 0. The quantitative estimate of drug-likeness (QED) is 0.717. The largest absolute Gasteiger partial charge is 0.388 e. The van der Waals surface area contributed by atoms with E-state index in [1.807, 2.05) is 34.3 Å². The van der Waals surface area contributed by atoms with Crippen LogP contribution in [0.25, 0.3) is 16.0 Å². The fraction of sp³-hybridized carbons (Fsp3) is 0. The minimum atomic E-state index is 0.360. The fourth-order valence-corrected chi connectivity index (χ4v) is 2.71. The molecule has 84 valence electrons. The van der Waals surface area contributed by atoms with Crippen LogP contribution in [0, 0.1) is 0 Å². The Morgan fingerprint density at radius 2 is 2.24 bits per heavy atom. The highest BCUT2D eigenvalue weighted by Gasteiger charge is 2.11. The van der Waals surface area contributed by atoms with E-state index in [1.54, 1.807) is 17.7 Å². The highest BCUT2D eigenvalue weighted by Crippen LogP contribution is 2.25. The molecule has 6 heteroatoms. The van der Waals surface area contributed by atoms with Gasteiger partial charge in [0.25, 0.3) is 0 Å². The molecule has 0 aliphatic rings. The van der Waals surface area contributed by atoms with Crippen molar-refractivity contribution in [3.8, 4) is 5.82 Å². The third kappa shape index (κ3) is 1.62. The van der Waals surface area contributed by atoms with E-state index in [2.05, 4.69) is 9.97 Å². The Bertz CT molecular complexity index is 698. The molecule has 0 radical (unpaired) electrons. The van der Waals surface area contributed by atoms with Gasteiger partial charge in [-0.25, -0.2) is 9.97 Å². The Kier molecular flexibility index (Phi) is 2.38. The van der Waals surface area contributed by atoms with E-state index in [0.717, 1.165) is 21.7 Å². The maximum absolute atomic E-state index is 5.69. The van der Waals surface area contributed by atoms with Crippen molar-refractivity contribution in [2.45, 2.75) is 0 Å². The Hall–Kier alpha value is -1.79. The van der Waals surface area contributed by atoms with Gasteiger partial charge in [-0.05, 0) is 23.6 Å². The number of hydrogen-bond donors (Lipinski definition) is 1. The molecule has 4 nitrogen and oxygen atoms in total. The van der Waals surface area contributed by atoms with Crippen LogP contribution in [-0.2, 0) is 0 Å². The van der Waals surface area contributed by atoms with Gasteiger partial charge in [0.15, 0.2) is 5.82 Å². The van der Waals surface area contributed by atoms with Gasteiger partial charge in [-0.2, -0.15) is 0 Å². The molecule has 0 amide bonds. The van der Waals surface area contributed by atoms with Crippen LogP contribution in [0.15, 0.2) is 36.1 Å². The van der Waals surface area contributed by atoms with Gasteiger partial charge < -0.3 is 5.73 Å². The summed E-state index contributed by atoms with van der Waals surface area (Å²) >= 11 is 6.63. The lowest BCUT2D eigenvalue weighted by Gasteiger charge is -2.07. The average molecular weight is 260 g/mol. The molecule has 3 aromatic rings. The van der Waals surface area contributed by atoms with E-state index in [1.165, 1.54) is 0 Å². The molecule has 0 saturated carbocycles. The minimum Gasteiger partial charge on any atom is -0.388 e. The van der Waals surface area contributed by atoms with Crippen molar-refractivity contribution in [1.29, 1.82) is 0 Å². The van der Waals surface area contributed by atoms with Crippen LogP contribution in [0.1, 0.15) is 5.69 Å². The lowest BCUT2D eigenvalue weighted by molar-refractivity contribution is 0.999. The molecule has 0 atom stereocenters. The number of nitrogens with zero attached hydrogens (tertiary/aromatic N) is 3. The Morgan fingerprint density at radius 1 is 1.35 bits per heavy atom. The first-order valence-electron chi connectivity index (χ1n) is 4.93. The van der Waals surface area contributed by atoms with Crippen molar-refractivity contribution < 1.29 is 0 Å². The molecule has 3 heterocycles. The van der Waals surface area contributed by atoms with Gasteiger partial charge in [0, 0.05) is 6.20 Å². The predicted molar refractivity (Wildman–Crippen MR) is 72.6 cm³/mol. The monoisotopic (exact) mass is 260 g/mol. The first-order valence-corrected chi connectivity index (χ1v) is 6.22. The van der Waals surface area contributed by atoms with Crippen molar-refractivity contribution in [3.63, 3.8) is 0 Å². The molecule has 2 N–H and O–H groups in total. The zero-order chi connectivity index (χ0) is 11.8. The average Bonchev–Trinajstić information content (AvgIpc) is 2.97. The van der Waals surface area contributed by atoms with Crippen molar-refractivity contribution in [1.82, 2.24) is 14.5 Å². The van der Waals surface area contributed by atoms with Crippen LogP contribution < -0.4 is 5.73 Å². The summed E-state index contributed by atoms with van der Waals surface area (Å²) in [6.07, 6.45) is 3.45. The maximum atomic E-state index is 5.69. The first-order chi connectivity index (χ1) is 8.27. The van der Waals surface area contributed by atoms with Crippen LogP contribution in [0.5, 0.6) is 0 Å². The van der Waals surface area contributed by atoms with Gasteiger partial charge in [0.2, 0.25) is 0 Å². The zero-order valence-electron chi connectivity index (χ0n) is 8.70. The Balaban J connectivity index is 2.30. The topological polar surface area (TPSA) is 56.7 Å². The SMILES string of the molecule is NC(=S)c1cccn1-c1ncnc2ccsc12. The summed E-state index contributed by atoms with van der Waals surface area (Å²) in [5, 5.41) is 1.99. The van der Waals surface area contributed by atoms with Crippen LogP contribution in [0.2, 0.25) is 0 Å². The molecule has 0 unspecified atom stereocenters. The molecule has 0 aliphatic carbocycles. The van der Waals surface area contributed by atoms with E-state index in [0.29, 0.717) is 4.99 Å². The molecular formula is C11H8N4S2. The molecule has 3 rings (SSSR count). The van der Waals surface area contributed by atoms with Gasteiger partial charge in [0.05, 0.1) is 15.9 Å². The van der Waals surface area contributed by atoms with Crippen molar-refractivity contribution >= 4 is 38.8 Å². The van der Waals surface area contributed by atoms with E-state index < -0.39 is 0 Å². The summed E-state index contributed by atoms with van der Waals surface area (Å²) in [6, 6.07) is 5.75. The smallest absolute Gasteiger partial charge is 0.158 e. The second kappa shape index (κ2) is 3.90. The Morgan fingerprint density at radius 3 is 3.06 bits per heavy atom. The molecule has 0 bridgehead atoms. The van der Waals surface area contributed by atoms with Crippen molar-refractivity contribution in [3.05, 3.63) is 41.8 Å². The molecule has 0 fully saturated rings. The first kappa shape index (κ1) is 10.4. The highest BCUT2D eigenvalue weighted by molar-refractivity contribution is 7.80. The second-order valence-corrected chi connectivity index (χ2v) is 4.82. The highest BCUT2D eigenvalue weighted by atomic mass is 32.1. The number of aromatic nitrogens is 3. The maximum Gasteiger partial charge on any atom is 0.158 e. The number of thiocarbonyl (C=S) groups is 1. The molecule has 0 saturated heterocycles. The lowest BCUT2D eigenvalue weighted by Crippen LogP contribution is -2.15. The van der Waals surface area contributed by atoms with Crippen molar-refractivity contribution in [2.75, 3.05) is 0 Å². The van der Waals surface area contributed by atoms with E-state index in [9.17, 15) is 0 Å². The Labute approximate surface area is 107 Å². The van der Waals surface area contributed by atoms with Crippen LogP contribution in [-0.4, -0.2) is 19.5 Å². The summed E-state index contributed by atoms with van der Waals surface area (Å²) < 4.78 is 2.92. The third-order valence-corrected chi connectivity index (χ3v) is 3.56. The summed E-state index contributed by atoms with van der Waals surface area (Å²) in [5.41, 5.74) is 7.40. The number of hydrogen-bond acceptors (Lipinski definition) is 4. The molecule has 0 aromatic carbocycles. The molecule has 0 spiro atoms. The standard InChI is InChI=1S/C11H8N4S2/c12-10(16)8-2-1-4-15(8)11-9-7(3-5-17-9)13-6-14-11/h1-6H,(H2,12,16). The third-order valence-electron chi connectivity index (χ3n) is 2.45. The van der Waals surface area contributed by atoms with Crippen molar-refractivity contribution in [2.24, 2.45) is 5.73 Å². The molecule has 0 aliphatic heterocycles. The van der Waals surface area contributed by atoms with E-state index >= 15 is 0 Å². The summed E-state index contributed by atoms with van der Waals surface area (Å²) in [6.45, 7) is 0. The molecule has 17 heavy (non-hydrogen) atoms. The minimum absolute atomic E-state index is 0.360. The second-order valence-electron chi connectivity index (χ2n) is 3.46. The van der Waals surface area contributed by atoms with Gasteiger partial charge in [-0.3, -0.25) is 4.57 Å². The normalized spacial score (nSPS) is 10.8. The molecular weight excluding hydrogens is 252 g/mol. The van der Waals surface area contributed by atoms with Crippen LogP contribution in [0.3, 0.4) is 0 Å². The summed E-state index contributed by atoms with van der Waals surface area (Å²) in [4.78, 5) is 8.88. The van der Waals surface area contributed by atoms with Gasteiger partial charge in [0.1, 0.15) is 11.3 Å².